The first-order valence-electron chi connectivity index (χ1n) is 7.33. The molecule has 0 rings (SSSR count). The molecule has 0 fully saturated rings. The zero-order valence-corrected chi connectivity index (χ0v) is 13.1. The maximum Gasteiger partial charge on any atom is 0.0780 e. The lowest BCUT2D eigenvalue weighted by molar-refractivity contribution is -0.870. The van der Waals surface area contributed by atoms with Crippen LogP contribution in [0.5, 0.6) is 0 Å². The van der Waals surface area contributed by atoms with E-state index in [1.54, 1.807) is 0 Å². The van der Waals surface area contributed by atoms with Crippen molar-refractivity contribution in [3.63, 3.8) is 0 Å². The molecule has 0 aromatic carbocycles. The van der Waals surface area contributed by atoms with Crippen LogP contribution in [0.15, 0.2) is 0 Å². The Morgan fingerprint density at radius 1 is 0.889 bits per heavy atom. The normalized spacial score (nSPS) is 10.7. The van der Waals surface area contributed by atoms with Crippen molar-refractivity contribution in [1.29, 1.82) is 0 Å². The SMILES string of the molecule is CCCCCCCC(=O)[O-].CCCC[N+](C)(C)C. The average Bonchev–Trinajstić information content (AvgIpc) is 2.25. The highest BCUT2D eigenvalue weighted by molar-refractivity contribution is 5.63. The Kier molecular flexibility index (Phi) is 14.1. The minimum Gasteiger partial charge on any atom is -0.550 e. The second-order valence-corrected chi connectivity index (χ2v) is 5.90. The summed E-state index contributed by atoms with van der Waals surface area (Å²) in [5.41, 5.74) is 0. The molecular weight excluding hydrogens is 226 g/mol. The minimum absolute atomic E-state index is 0.226. The smallest absolute Gasteiger partial charge is 0.0780 e. The molecule has 0 aliphatic carbocycles. The molecule has 0 aliphatic rings. The fraction of sp³-hybridized carbons (Fsp3) is 0.933. The minimum atomic E-state index is -0.920. The standard InChI is InChI=1S/C8H16O2.C7H18N/c1-2-3-4-5-6-7-8(9)10;1-5-6-7-8(2,3)4/h2-7H2,1H3,(H,9,10);5-7H2,1-4H3/q;+1/p-1. The van der Waals surface area contributed by atoms with Crippen LogP contribution in [0.25, 0.3) is 0 Å². The van der Waals surface area contributed by atoms with E-state index in [1.165, 1.54) is 32.2 Å². The van der Waals surface area contributed by atoms with Gasteiger partial charge in [0.2, 0.25) is 0 Å². The van der Waals surface area contributed by atoms with Crippen LogP contribution in [0.2, 0.25) is 0 Å². The molecule has 0 spiro atoms. The molecule has 0 aromatic heterocycles. The number of hydrogen-bond acceptors (Lipinski definition) is 2. The second kappa shape index (κ2) is 12.9. The third-order valence-electron chi connectivity index (χ3n) is 2.67. The maximum absolute atomic E-state index is 9.92. The summed E-state index contributed by atoms with van der Waals surface area (Å²) in [6, 6.07) is 0. The molecule has 3 heteroatoms. The highest BCUT2D eigenvalue weighted by atomic mass is 16.4. The fourth-order valence-corrected chi connectivity index (χ4v) is 1.51. The third kappa shape index (κ3) is 24.6. The highest BCUT2D eigenvalue weighted by Gasteiger charge is 2.02. The van der Waals surface area contributed by atoms with Crippen LogP contribution in [0.1, 0.15) is 65.2 Å². The van der Waals surface area contributed by atoms with Crippen molar-refractivity contribution < 1.29 is 14.4 Å². The van der Waals surface area contributed by atoms with Gasteiger partial charge in [0.05, 0.1) is 27.7 Å². The number of carboxylic acids is 1. The molecule has 0 atom stereocenters. The summed E-state index contributed by atoms with van der Waals surface area (Å²) in [4.78, 5) is 9.92. The van der Waals surface area contributed by atoms with Crippen LogP contribution in [0, 0.1) is 0 Å². The van der Waals surface area contributed by atoms with Crippen molar-refractivity contribution >= 4 is 5.97 Å². The van der Waals surface area contributed by atoms with Gasteiger partial charge in [0.1, 0.15) is 0 Å². The Labute approximate surface area is 114 Å². The van der Waals surface area contributed by atoms with Gasteiger partial charge in [-0.25, -0.2) is 0 Å². The van der Waals surface area contributed by atoms with Crippen molar-refractivity contribution in [3.8, 4) is 0 Å². The summed E-state index contributed by atoms with van der Waals surface area (Å²) in [5.74, 6) is -0.920. The first-order chi connectivity index (χ1) is 8.33. The molecule has 18 heavy (non-hydrogen) atoms. The van der Waals surface area contributed by atoms with Crippen LogP contribution in [-0.4, -0.2) is 38.1 Å². The topological polar surface area (TPSA) is 40.1 Å². The van der Waals surface area contributed by atoms with Gasteiger partial charge in [-0.2, -0.15) is 0 Å². The predicted octanol–water partition coefficient (Wildman–Crippen LogP) is 2.59. The van der Waals surface area contributed by atoms with E-state index in [9.17, 15) is 9.90 Å². The summed E-state index contributed by atoms with van der Waals surface area (Å²) in [6.07, 6.45) is 8.27. The predicted molar refractivity (Wildman–Crippen MR) is 76.2 cm³/mol. The van der Waals surface area contributed by atoms with Crippen LogP contribution < -0.4 is 5.11 Å². The molecule has 0 saturated heterocycles. The average molecular weight is 259 g/mol. The van der Waals surface area contributed by atoms with E-state index < -0.39 is 5.97 Å². The van der Waals surface area contributed by atoms with Crippen LogP contribution in [-0.2, 0) is 4.79 Å². The van der Waals surface area contributed by atoms with Gasteiger partial charge in [-0.15, -0.1) is 0 Å². The Bertz CT molecular complexity index is 185. The quantitative estimate of drug-likeness (QED) is 0.472. The molecule has 0 N–H and O–H groups in total. The lowest BCUT2D eigenvalue weighted by atomic mass is 10.1. The van der Waals surface area contributed by atoms with Gasteiger partial charge < -0.3 is 14.4 Å². The largest absolute Gasteiger partial charge is 0.550 e. The summed E-state index contributed by atoms with van der Waals surface area (Å²) in [5, 5.41) is 9.92. The number of rotatable bonds is 9. The molecule has 0 unspecified atom stereocenters. The molecule has 3 nitrogen and oxygen atoms in total. The van der Waals surface area contributed by atoms with E-state index in [-0.39, 0.29) is 6.42 Å². The van der Waals surface area contributed by atoms with Crippen molar-refractivity contribution in [2.24, 2.45) is 0 Å². The number of unbranched alkanes of at least 4 members (excludes halogenated alkanes) is 5. The number of quaternary nitrogens is 1. The van der Waals surface area contributed by atoms with E-state index in [4.69, 9.17) is 0 Å². The van der Waals surface area contributed by atoms with E-state index >= 15 is 0 Å². The first-order valence-corrected chi connectivity index (χ1v) is 7.33. The van der Waals surface area contributed by atoms with E-state index in [0.717, 1.165) is 23.7 Å². The molecule has 0 radical (unpaired) electrons. The molecule has 0 heterocycles. The highest BCUT2D eigenvalue weighted by Crippen LogP contribution is 2.03. The lowest BCUT2D eigenvalue weighted by Crippen LogP contribution is -2.35. The van der Waals surface area contributed by atoms with Gasteiger partial charge in [0.15, 0.2) is 0 Å². The van der Waals surface area contributed by atoms with Gasteiger partial charge in [-0.3, -0.25) is 0 Å². The summed E-state index contributed by atoms with van der Waals surface area (Å²) in [7, 11) is 6.70. The number of carbonyl (C=O) groups is 1. The van der Waals surface area contributed by atoms with Crippen LogP contribution in [0.3, 0.4) is 0 Å². The lowest BCUT2D eigenvalue weighted by Gasteiger charge is -2.23. The fourth-order valence-electron chi connectivity index (χ4n) is 1.51. The molecule has 0 bridgehead atoms. The van der Waals surface area contributed by atoms with Gasteiger partial charge in [-0.1, -0.05) is 46.0 Å². The Morgan fingerprint density at radius 2 is 1.39 bits per heavy atom. The van der Waals surface area contributed by atoms with Gasteiger partial charge in [0, 0.05) is 5.97 Å². The third-order valence-corrected chi connectivity index (χ3v) is 2.67. The van der Waals surface area contributed by atoms with Gasteiger partial charge in [-0.05, 0) is 19.3 Å². The van der Waals surface area contributed by atoms with Crippen molar-refractivity contribution in [3.05, 3.63) is 0 Å². The molecule has 0 amide bonds. The Hall–Kier alpha value is -0.570. The monoisotopic (exact) mass is 259 g/mol. The van der Waals surface area contributed by atoms with Crippen LogP contribution in [0.4, 0.5) is 0 Å². The van der Waals surface area contributed by atoms with E-state index in [0.29, 0.717) is 0 Å². The zero-order valence-electron chi connectivity index (χ0n) is 13.1. The Morgan fingerprint density at radius 3 is 1.72 bits per heavy atom. The van der Waals surface area contributed by atoms with Crippen molar-refractivity contribution in [2.75, 3.05) is 27.7 Å². The number of hydrogen-bond donors (Lipinski definition) is 0. The zero-order chi connectivity index (χ0) is 14.4. The molecular formula is C15H33NO2. The van der Waals surface area contributed by atoms with Crippen molar-refractivity contribution in [1.82, 2.24) is 0 Å². The first kappa shape index (κ1) is 19.8. The molecule has 0 aromatic rings. The van der Waals surface area contributed by atoms with Gasteiger partial charge in [0.25, 0.3) is 0 Å². The molecule has 0 aliphatic heterocycles. The van der Waals surface area contributed by atoms with E-state index in [2.05, 4.69) is 35.0 Å². The molecule has 0 saturated carbocycles. The summed E-state index contributed by atoms with van der Waals surface area (Å²) < 4.78 is 1.10. The van der Waals surface area contributed by atoms with E-state index in [1.807, 2.05) is 0 Å². The van der Waals surface area contributed by atoms with Gasteiger partial charge >= 0.3 is 0 Å². The number of carbonyl (C=O) groups excluding carboxylic acids is 1. The number of aliphatic carboxylic acids is 1. The van der Waals surface area contributed by atoms with Crippen LogP contribution >= 0.6 is 0 Å². The number of carboxylic acid groups (broad SMARTS) is 1. The Balaban J connectivity index is 0. The van der Waals surface area contributed by atoms with Crippen molar-refractivity contribution in [2.45, 2.75) is 65.2 Å². The summed E-state index contributed by atoms with van der Waals surface area (Å²) in [6.45, 7) is 5.67. The summed E-state index contributed by atoms with van der Waals surface area (Å²) >= 11 is 0. The maximum atomic E-state index is 9.92. The molecule has 110 valence electrons. The second-order valence-electron chi connectivity index (χ2n) is 5.90. The number of nitrogens with zero attached hydrogens (tertiary/aromatic N) is 1.